The molecule has 0 saturated carbocycles. The van der Waals surface area contributed by atoms with E-state index in [1.54, 1.807) is 12.1 Å². The van der Waals surface area contributed by atoms with Crippen molar-refractivity contribution in [1.82, 2.24) is 0 Å². The van der Waals surface area contributed by atoms with Gasteiger partial charge in [0.1, 0.15) is 0 Å². The van der Waals surface area contributed by atoms with Crippen LogP contribution in [0.2, 0.25) is 0 Å². The van der Waals surface area contributed by atoms with Gasteiger partial charge in [-0.2, -0.15) is 0 Å². The summed E-state index contributed by atoms with van der Waals surface area (Å²) < 4.78 is 0. The molecular weight excluding hydrogens is 206 g/mol. The Morgan fingerprint density at radius 2 is 1.81 bits per heavy atom. The molecule has 0 spiro atoms. The Balaban J connectivity index is 3.03. The molecular formula is C12H13NO3. The Labute approximate surface area is 93.4 Å². The third kappa shape index (κ3) is 2.95. The molecule has 4 heteroatoms. The summed E-state index contributed by atoms with van der Waals surface area (Å²) in [5.41, 5.74) is 6.04. The van der Waals surface area contributed by atoms with Gasteiger partial charge in [-0.3, -0.25) is 4.79 Å². The predicted octanol–water partition coefficient (Wildman–Crippen LogP) is 1.12. The number of carbonyl (C=O) groups is 2. The van der Waals surface area contributed by atoms with Gasteiger partial charge >= 0.3 is 5.97 Å². The van der Waals surface area contributed by atoms with E-state index in [2.05, 4.69) is 0 Å². The van der Waals surface area contributed by atoms with E-state index in [9.17, 15) is 9.59 Å². The largest absolute Gasteiger partial charge is 0.478 e. The lowest BCUT2D eigenvalue weighted by atomic mass is 10.0. The fourth-order valence-corrected chi connectivity index (χ4v) is 1.32. The topological polar surface area (TPSA) is 80.4 Å². The zero-order chi connectivity index (χ0) is 12.1. The number of nitrogens with two attached hydrogens (primary N) is 1. The normalized spacial score (nSPS) is 11.8. The van der Waals surface area contributed by atoms with Crippen LogP contribution in [-0.4, -0.2) is 17.0 Å². The number of carbonyl (C=O) groups excluding carboxylic acids is 1. The highest BCUT2D eigenvalue weighted by Gasteiger charge is 2.15. The summed E-state index contributed by atoms with van der Waals surface area (Å²) in [4.78, 5) is 21.9. The van der Waals surface area contributed by atoms with Crippen LogP contribution in [0.15, 0.2) is 41.5 Å². The SMILES string of the molecule is CC(C(N)=O)=C(Cc1ccccc1)C(=O)O. The average molecular weight is 219 g/mol. The first-order valence-electron chi connectivity index (χ1n) is 4.79. The monoisotopic (exact) mass is 219 g/mol. The van der Waals surface area contributed by atoms with Crippen molar-refractivity contribution >= 4 is 11.9 Å². The van der Waals surface area contributed by atoms with E-state index < -0.39 is 11.9 Å². The molecule has 0 radical (unpaired) electrons. The molecule has 0 saturated heterocycles. The van der Waals surface area contributed by atoms with E-state index in [1.807, 2.05) is 18.2 Å². The van der Waals surface area contributed by atoms with Gasteiger partial charge in [0.15, 0.2) is 0 Å². The maximum atomic E-state index is 11.0. The van der Waals surface area contributed by atoms with Gasteiger partial charge in [-0.05, 0) is 12.5 Å². The second kappa shape index (κ2) is 5.11. The Morgan fingerprint density at radius 3 is 2.25 bits per heavy atom. The summed E-state index contributed by atoms with van der Waals surface area (Å²) >= 11 is 0. The third-order valence-corrected chi connectivity index (χ3v) is 2.30. The first-order valence-corrected chi connectivity index (χ1v) is 4.79. The van der Waals surface area contributed by atoms with Crippen molar-refractivity contribution in [3.63, 3.8) is 0 Å². The minimum atomic E-state index is -1.11. The van der Waals surface area contributed by atoms with Gasteiger partial charge in [0.05, 0.1) is 0 Å². The Kier molecular flexibility index (Phi) is 3.83. The molecule has 4 nitrogen and oxygen atoms in total. The number of aliphatic carboxylic acids is 1. The number of hydrogen-bond donors (Lipinski definition) is 2. The number of primary amides is 1. The molecule has 0 aliphatic heterocycles. The molecule has 16 heavy (non-hydrogen) atoms. The van der Waals surface area contributed by atoms with Crippen LogP contribution < -0.4 is 5.73 Å². The molecule has 84 valence electrons. The molecule has 1 rings (SSSR count). The summed E-state index contributed by atoms with van der Waals surface area (Å²) in [6.45, 7) is 1.43. The van der Waals surface area contributed by atoms with E-state index in [-0.39, 0.29) is 17.6 Å². The number of carboxylic acids is 1. The van der Waals surface area contributed by atoms with Crippen LogP contribution in [0.1, 0.15) is 12.5 Å². The smallest absolute Gasteiger partial charge is 0.332 e. The molecule has 0 fully saturated rings. The summed E-state index contributed by atoms with van der Waals surface area (Å²) in [5.74, 6) is -1.81. The maximum Gasteiger partial charge on any atom is 0.332 e. The fourth-order valence-electron chi connectivity index (χ4n) is 1.32. The lowest BCUT2D eigenvalue weighted by Crippen LogP contribution is -2.18. The van der Waals surface area contributed by atoms with Crippen molar-refractivity contribution in [1.29, 1.82) is 0 Å². The van der Waals surface area contributed by atoms with Gasteiger partial charge in [-0.1, -0.05) is 30.3 Å². The quantitative estimate of drug-likeness (QED) is 0.744. The lowest BCUT2D eigenvalue weighted by Gasteiger charge is -2.05. The van der Waals surface area contributed by atoms with Gasteiger partial charge in [0, 0.05) is 17.6 Å². The van der Waals surface area contributed by atoms with E-state index in [4.69, 9.17) is 10.8 Å². The van der Waals surface area contributed by atoms with Gasteiger partial charge < -0.3 is 10.8 Å². The highest BCUT2D eigenvalue weighted by molar-refractivity contribution is 6.01. The Hall–Kier alpha value is -2.10. The van der Waals surface area contributed by atoms with Crippen LogP contribution in [0.4, 0.5) is 0 Å². The van der Waals surface area contributed by atoms with Gasteiger partial charge in [-0.15, -0.1) is 0 Å². The number of rotatable bonds is 4. The number of hydrogen-bond acceptors (Lipinski definition) is 2. The fraction of sp³-hybridized carbons (Fsp3) is 0.167. The van der Waals surface area contributed by atoms with Crippen molar-refractivity contribution < 1.29 is 14.7 Å². The summed E-state index contributed by atoms with van der Waals surface area (Å²) in [5, 5.41) is 8.99. The molecule has 0 aromatic heterocycles. The van der Waals surface area contributed by atoms with Gasteiger partial charge in [0.2, 0.25) is 5.91 Å². The van der Waals surface area contributed by atoms with E-state index in [0.29, 0.717) is 0 Å². The molecule has 1 amide bonds. The third-order valence-electron chi connectivity index (χ3n) is 2.30. The van der Waals surface area contributed by atoms with Gasteiger partial charge in [0.25, 0.3) is 0 Å². The maximum absolute atomic E-state index is 11.0. The first kappa shape index (κ1) is 12.0. The zero-order valence-electron chi connectivity index (χ0n) is 8.93. The summed E-state index contributed by atoms with van der Waals surface area (Å²) in [7, 11) is 0. The van der Waals surface area contributed by atoms with Crippen LogP contribution in [0.3, 0.4) is 0 Å². The van der Waals surface area contributed by atoms with Crippen molar-refractivity contribution in [3.8, 4) is 0 Å². The molecule has 3 N–H and O–H groups in total. The second-order valence-electron chi connectivity index (χ2n) is 3.44. The lowest BCUT2D eigenvalue weighted by molar-refractivity contribution is -0.133. The highest BCUT2D eigenvalue weighted by Crippen LogP contribution is 2.12. The van der Waals surface area contributed by atoms with Gasteiger partial charge in [-0.25, -0.2) is 4.79 Å². The summed E-state index contributed by atoms with van der Waals surface area (Å²) in [6, 6.07) is 9.08. The minimum Gasteiger partial charge on any atom is -0.478 e. The summed E-state index contributed by atoms with van der Waals surface area (Å²) in [6.07, 6.45) is 0.199. The first-order chi connectivity index (χ1) is 7.52. The Morgan fingerprint density at radius 1 is 1.25 bits per heavy atom. The number of amides is 1. The molecule has 1 aromatic carbocycles. The second-order valence-corrected chi connectivity index (χ2v) is 3.44. The molecule has 0 unspecified atom stereocenters. The van der Waals surface area contributed by atoms with Crippen LogP contribution in [0.25, 0.3) is 0 Å². The molecule has 0 heterocycles. The molecule has 0 aliphatic carbocycles. The van der Waals surface area contributed by atoms with Crippen LogP contribution in [0, 0.1) is 0 Å². The molecule has 0 atom stereocenters. The zero-order valence-corrected chi connectivity index (χ0v) is 8.93. The van der Waals surface area contributed by atoms with Crippen molar-refractivity contribution in [2.75, 3.05) is 0 Å². The van der Waals surface area contributed by atoms with Crippen LogP contribution in [0.5, 0.6) is 0 Å². The molecule has 1 aromatic rings. The van der Waals surface area contributed by atoms with Crippen molar-refractivity contribution in [3.05, 3.63) is 47.0 Å². The predicted molar refractivity (Wildman–Crippen MR) is 59.7 cm³/mol. The number of benzene rings is 1. The average Bonchev–Trinajstić information content (AvgIpc) is 2.26. The van der Waals surface area contributed by atoms with Crippen molar-refractivity contribution in [2.24, 2.45) is 5.73 Å². The highest BCUT2D eigenvalue weighted by atomic mass is 16.4. The van der Waals surface area contributed by atoms with Crippen LogP contribution >= 0.6 is 0 Å². The van der Waals surface area contributed by atoms with Crippen LogP contribution in [-0.2, 0) is 16.0 Å². The van der Waals surface area contributed by atoms with E-state index in [0.717, 1.165) is 5.56 Å². The number of carboxylic acid groups (broad SMARTS) is 1. The minimum absolute atomic E-state index is 0.0405. The molecule has 0 bridgehead atoms. The van der Waals surface area contributed by atoms with Crippen molar-refractivity contribution in [2.45, 2.75) is 13.3 Å². The van der Waals surface area contributed by atoms with E-state index in [1.165, 1.54) is 6.92 Å². The molecule has 0 aliphatic rings. The Bertz CT molecular complexity index is 435. The van der Waals surface area contributed by atoms with E-state index >= 15 is 0 Å². The standard InChI is InChI=1S/C12H13NO3/c1-8(11(13)14)10(12(15)16)7-9-5-3-2-4-6-9/h2-6H,7H2,1H3,(H2,13,14)(H,15,16).